The second-order valence-corrected chi connectivity index (χ2v) is 3.97. The van der Waals surface area contributed by atoms with E-state index in [-0.39, 0.29) is 5.91 Å². The number of rotatable bonds is 2. The molecule has 1 N–H and O–H groups in total. The number of aromatic nitrogens is 1. The Hall–Kier alpha value is -2.16. The average Bonchev–Trinajstić information content (AvgIpc) is 2.35. The van der Waals surface area contributed by atoms with Crippen molar-refractivity contribution >= 4 is 11.6 Å². The van der Waals surface area contributed by atoms with Crippen molar-refractivity contribution < 1.29 is 4.79 Å². The summed E-state index contributed by atoms with van der Waals surface area (Å²) in [6, 6.07) is 11.1. The molecular weight excluding hydrogens is 212 g/mol. The number of carbonyl (C=O) groups is 1. The summed E-state index contributed by atoms with van der Waals surface area (Å²) in [6.07, 6.45) is 1.61. The molecule has 0 atom stereocenters. The molecule has 1 aromatic heterocycles. The minimum absolute atomic E-state index is 0.186. The predicted octanol–water partition coefficient (Wildman–Crippen LogP) is 2.95. The minimum Gasteiger partial charge on any atom is -0.321 e. The van der Waals surface area contributed by atoms with Crippen LogP contribution in [0.15, 0.2) is 42.6 Å². The lowest BCUT2D eigenvalue weighted by atomic mass is 10.1. The molecule has 3 nitrogen and oxygen atoms in total. The lowest BCUT2D eigenvalue weighted by Crippen LogP contribution is -2.13. The molecule has 0 saturated heterocycles. The van der Waals surface area contributed by atoms with E-state index in [1.54, 1.807) is 24.4 Å². The van der Waals surface area contributed by atoms with Gasteiger partial charge in [0.25, 0.3) is 5.91 Å². The van der Waals surface area contributed by atoms with Crippen LogP contribution in [0.3, 0.4) is 0 Å². The van der Waals surface area contributed by atoms with E-state index in [0.717, 1.165) is 11.3 Å². The Morgan fingerprint density at radius 3 is 2.59 bits per heavy atom. The minimum atomic E-state index is -0.186. The molecule has 0 spiro atoms. The van der Waals surface area contributed by atoms with Crippen LogP contribution in [-0.2, 0) is 0 Å². The maximum absolute atomic E-state index is 11.8. The summed E-state index contributed by atoms with van der Waals surface area (Å²) in [5.74, 6) is -0.186. The first kappa shape index (κ1) is 11.3. The molecule has 2 aromatic rings. The van der Waals surface area contributed by atoms with Crippen LogP contribution < -0.4 is 5.32 Å². The summed E-state index contributed by atoms with van der Waals surface area (Å²) < 4.78 is 0. The van der Waals surface area contributed by atoms with Gasteiger partial charge in [0.2, 0.25) is 0 Å². The fourth-order valence-corrected chi connectivity index (χ4v) is 1.51. The monoisotopic (exact) mass is 226 g/mol. The van der Waals surface area contributed by atoms with Gasteiger partial charge >= 0.3 is 0 Å². The molecule has 0 unspecified atom stereocenters. The number of anilines is 1. The van der Waals surface area contributed by atoms with Crippen LogP contribution in [0.4, 0.5) is 5.69 Å². The van der Waals surface area contributed by atoms with Crippen molar-refractivity contribution in [2.24, 2.45) is 0 Å². The van der Waals surface area contributed by atoms with Crippen LogP contribution in [-0.4, -0.2) is 10.9 Å². The predicted molar refractivity (Wildman–Crippen MR) is 68.1 cm³/mol. The van der Waals surface area contributed by atoms with E-state index in [0.29, 0.717) is 5.69 Å². The van der Waals surface area contributed by atoms with Gasteiger partial charge in [-0.3, -0.25) is 9.78 Å². The molecular formula is C14H14N2O. The lowest BCUT2D eigenvalue weighted by molar-refractivity contribution is 0.102. The third-order valence-corrected chi connectivity index (χ3v) is 2.66. The smallest absolute Gasteiger partial charge is 0.274 e. The van der Waals surface area contributed by atoms with Crippen LogP contribution in [0.2, 0.25) is 0 Å². The molecule has 0 radical (unpaired) electrons. The molecule has 2 rings (SSSR count). The summed E-state index contributed by atoms with van der Waals surface area (Å²) in [4.78, 5) is 15.8. The van der Waals surface area contributed by atoms with E-state index in [2.05, 4.69) is 10.3 Å². The zero-order valence-corrected chi connectivity index (χ0v) is 9.90. The van der Waals surface area contributed by atoms with E-state index in [9.17, 15) is 4.79 Å². The Morgan fingerprint density at radius 1 is 1.12 bits per heavy atom. The maximum atomic E-state index is 11.8. The molecule has 1 amide bonds. The van der Waals surface area contributed by atoms with Crippen LogP contribution in [0.1, 0.15) is 21.6 Å². The summed E-state index contributed by atoms with van der Waals surface area (Å²) in [6.45, 7) is 4.06. The Labute approximate surface area is 101 Å². The van der Waals surface area contributed by atoms with Crippen molar-refractivity contribution in [3.63, 3.8) is 0 Å². The fourth-order valence-electron chi connectivity index (χ4n) is 1.51. The van der Waals surface area contributed by atoms with Gasteiger partial charge in [-0.2, -0.15) is 0 Å². The Bertz CT molecular complexity index is 535. The van der Waals surface area contributed by atoms with Crippen LogP contribution in [0, 0.1) is 13.8 Å². The second kappa shape index (κ2) is 4.78. The van der Waals surface area contributed by atoms with E-state index < -0.39 is 0 Å². The van der Waals surface area contributed by atoms with E-state index >= 15 is 0 Å². The molecule has 86 valence electrons. The van der Waals surface area contributed by atoms with Crippen LogP contribution >= 0.6 is 0 Å². The molecule has 17 heavy (non-hydrogen) atoms. The Balaban J connectivity index is 2.16. The van der Waals surface area contributed by atoms with Crippen molar-refractivity contribution in [3.8, 4) is 0 Å². The quantitative estimate of drug-likeness (QED) is 0.855. The van der Waals surface area contributed by atoms with Crippen molar-refractivity contribution in [3.05, 3.63) is 59.4 Å². The van der Waals surface area contributed by atoms with Gasteiger partial charge in [-0.1, -0.05) is 12.1 Å². The SMILES string of the molecule is Cc1ccc(NC(=O)c2ccccn2)cc1C. The van der Waals surface area contributed by atoms with Gasteiger partial charge in [0, 0.05) is 11.9 Å². The molecule has 3 heteroatoms. The van der Waals surface area contributed by atoms with E-state index in [4.69, 9.17) is 0 Å². The van der Waals surface area contributed by atoms with Gasteiger partial charge < -0.3 is 5.32 Å². The lowest BCUT2D eigenvalue weighted by Gasteiger charge is -2.07. The third-order valence-electron chi connectivity index (χ3n) is 2.66. The van der Waals surface area contributed by atoms with Crippen molar-refractivity contribution in [1.29, 1.82) is 0 Å². The Morgan fingerprint density at radius 2 is 1.94 bits per heavy atom. The van der Waals surface area contributed by atoms with Crippen molar-refractivity contribution in [1.82, 2.24) is 4.98 Å². The van der Waals surface area contributed by atoms with Crippen molar-refractivity contribution in [2.75, 3.05) is 5.32 Å². The average molecular weight is 226 g/mol. The fraction of sp³-hybridized carbons (Fsp3) is 0.143. The zero-order chi connectivity index (χ0) is 12.3. The van der Waals surface area contributed by atoms with E-state index in [1.807, 2.05) is 32.0 Å². The first-order valence-corrected chi connectivity index (χ1v) is 5.46. The molecule has 0 bridgehead atoms. The number of amides is 1. The number of nitrogens with one attached hydrogen (secondary N) is 1. The number of nitrogens with zero attached hydrogens (tertiary/aromatic N) is 1. The number of benzene rings is 1. The van der Waals surface area contributed by atoms with Gasteiger partial charge in [-0.15, -0.1) is 0 Å². The number of hydrogen-bond acceptors (Lipinski definition) is 2. The molecule has 0 fully saturated rings. The Kier molecular flexibility index (Phi) is 3.19. The topological polar surface area (TPSA) is 42.0 Å². The zero-order valence-electron chi connectivity index (χ0n) is 9.90. The summed E-state index contributed by atoms with van der Waals surface area (Å²) in [5.41, 5.74) is 3.58. The number of pyridine rings is 1. The van der Waals surface area contributed by atoms with Gasteiger partial charge in [0.1, 0.15) is 5.69 Å². The first-order chi connectivity index (χ1) is 8.16. The molecule has 0 saturated carbocycles. The highest BCUT2D eigenvalue weighted by Gasteiger charge is 2.06. The maximum Gasteiger partial charge on any atom is 0.274 e. The van der Waals surface area contributed by atoms with Gasteiger partial charge in [-0.25, -0.2) is 0 Å². The number of carbonyl (C=O) groups excluding carboxylic acids is 1. The molecule has 0 aliphatic heterocycles. The summed E-state index contributed by atoms with van der Waals surface area (Å²) >= 11 is 0. The highest BCUT2D eigenvalue weighted by molar-refractivity contribution is 6.02. The van der Waals surface area contributed by atoms with Gasteiger partial charge in [0.05, 0.1) is 0 Å². The molecule has 1 aromatic carbocycles. The number of aryl methyl sites for hydroxylation is 2. The highest BCUT2D eigenvalue weighted by Crippen LogP contribution is 2.14. The normalized spacial score (nSPS) is 10.0. The summed E-state index contributed by atoms with van der Waals surface area (Å²) in [5, 5.41) is 2.82. The standard InChI is InChI=1S/C14H14N2O/c1-10-6-7-12(9-11(10)2)16-14(17)13-5-3-4-8-15-13/h3-9H,1-2H3,(H,16,17). The van der Waals surface area contributed by atoms with Gasteiger partial charge in [-0.05, 0) is 49.2 Å². The second-order valence-electron chi connectivity index (χ2n) is 3.97. The van der Waals surface area contributed by atoms with Crippen LogP contribution in [0.5, 0.6) is 0 Å². The van der Waals surface area contributed by atoms with Gasteiger partial charge in [0.15, 0.2) is 0 Å². The van der Waals surface area contributed by atoms with Crippen LogP contribution in [0.25, 0.3) is 0 Å². The van der Waals surface area contributed by atoms with E-state index in [1.165, 1.54) is 5.56 Å². The van der Waals surface area contributed by atoms with Crippen molar-refractivity contribution in [2.45, 2.75) is 13.8 Å². The molecule has 0 aliphatic carbocycles. The molecule has 0 aliphatic rings. The highest BCUT2D eigenvalue weighted by atomic mass is 16.1. The largest absolute Gasteiger partial charge is 0.321 e. The summed E-state index contributed by atoms with van der Waals surface area (Å²) in [7, 11) is 0. The first-order valence-electron chi connectivity index (χ1n) is 5.46. The molecule has 1 heterocycles. The number of hydrogen-bond donors (Lipinski definition) is 1. The third kappa shape index (κ3) is 2.69.